The molecule has 22 heavy (non-hydrogen) atoms. The van der Waals surface area contributed by atoms with Crippen molar-refractivity contribution in [3.63, 3.8) is 0 Å². The zero-order chi connectivity index (χ0) is 16.3. The Kier molecular flexibility index (Phi) is 8.53. The molecule has 8 heteroatoms. The largest absolute Gasteiger partial charge is 0.355 e. The first-order chi connectivity index (χ1) is 9.48. The van der Waals surface area contributed by atoms with Gasteiger partial charge in [-0.1, -0.05) is 0 Å². The Morgan fingerprint density at radius 1 is 1.36 bits per heavy atom. The van der Waals surface area contributed by atoms with Gasteiger partial charge in [-0.05, 0) is 34.6 Å². The standard InChI is InChI=1S/C14H29N3O2S2.HI/c1-13(2,3)21(18,19)10-7-16-12(15-6)17-8-9-20-14(4,5)11-17;/h7-11H2,1-6H3,(H,15,16);1H. The van der Waals surface area contributed by atoms with E-state index in [0.717, 1.165) is 24.8 Å². The Labute approximate surface area is 157 Å². The number of rotatable bonds is 3. The molecule has 0 unspecified atom stereocenters. The van der Waals surface area contributed by atoms with Gasteiger partial charge in [0.15, 0.2) is 15.8 Å². The van der Waals surface area contributed by atoms with Crippen LogP contribution in [0, 0.1) is 0 Å². The third kappa shape index (κ3) is 6.43. The second-order valence-corrected chi connectivity index (χ2v) is 11.6. The highest BCUT2D eigenvalue weighted by Crippen LogP contribution is 2.29. The van der Waals surface area contributed by atoms with Gasteiger partial charge >= 0.3 is 0 Å². The number of halogens is 1. The fourth-order valence-corrected chi connectivity index (χ4v) is 4.23. The topological polar surface area (TPSA) is 61.8 Å². The average molecular weight is 463 g/mol. The number of thioether (sulfide) groups is 1. The van der Waals surface area contributed by atoms with E-state index in [4.69, 9.17) is 0 Å². The molecule has 5 nitrogen and oxygen atoms in total. The van der Waals surface area contributed by atoms with Crippen molar-refractivity contribution < 1.29 is 8.42 Å². The van der Waals surface area contributed by atoms with Gasteiger partial charge in [-0.25, -0.2) is 8.42 Å². The first kappa shape index (κ1) is 22.3. The molecule has 0 bridgehead atoms. The van der Waals surface area contributed by atoms with Crippen LogP contribution in [0.5, 0.6) is 0 Å². The second-order valence-electron chi connectivity index (χ2n) is 6.93. The summed E-state index contributed by atoms with van der Waals surface area (Å²) in [6.45, 7) is 11.9. The van der Waals surface area contributed by atoms with Gasteiger partial charge in [0.2, 0.25) is 0 Å². The summed E-state index contributed by atoms with van der Waals surface area (Å²) < 4.78 is 23.7. The molecule has 0 aliphatic carbocycles. The molecule has 0 radical (unpaired) electrons. The molecular weight excluding hydrogens is 433 g/mol. The van der Waals surface area contributed by atoms with Crippen LogP contribution in [-0.2, 0) is 9.84 Å². The van der Waals surface area contributed by atoms with E-state index in [2.05, 4.69) is 29.1 Å². The lowest BCUT2D eigenvalue weighted by Gasteiger charge is -2.39. The van der Waals surface area contributed by atoms with Crippen LogP contribution in [0.2, 0.25) is 0 Å². The molecule has 132 valence electrons. The molecule has 1 N–H and O–H groups in total. The van der Waals surface area contributed by atoms with Gasteiger partial charge in [0, 0.05) is 37.2 Å². The maximum absolute atomic E-state index is 12.1. The van der Waals surface area contributed by atoms with E-state index < -0.39 is 14.6 Å². The molecule has 0 amide bonds. The average Bonchev–Trinajstić information content (AvgIpc) is 2.31. The van der Waals surface area contributed by atoms with Crippen molar-refractivity contribution in [1.82, 2.24) is 10.2 Å². The van der Waals surface area contributed by atoms with Gasteiger partial charge in [-0.2, -0.15) is 11.8 Å². The zero-order valence-corrected chi connectivity index (χ0v) is 18.4. The quantitative estimate of drug-likeness (QED) is 0.395. The van der Waals surface area contributed by atoms with E-state index >= 15 is 0 Å². The first-order valence-corrected chi connectivity index (χ1v) is 9.94. The lowest BCUT2D eigenvalue weighted by molar-refractivity contribution is 0.377. The number of nitrogens with one attached hydrogen (secondary N) is 1. The van der Waals surface area contributed by atoms with E-state index in [1.807, 2.05) is 11.8 Å². The van der Waals surface area contributed by atoms with Crippen molar-refractivity contribution in [2.75, 3.05) is 38.2 Å². The van der Waals surface area contributed by atoms with Gasteiger partial charge in [0.25, 0.3) is 0 Å². The SMILES string of the molecule is CN=C(NCCS(=O)(=O)C(C)(C)C)N1CCSC(C)(C)C1.I. The zero-order valence-electron chi connectivity index (χ0n) is 14.5. The predicted molar refractivity (Wildman–Crippen MR) is 108 cm³/mol. The van der Waals surface area contributed by atoms with Crippen molar-refractivity contribution in [1.29, 1.82) is 0 Å². The van der Waals surface area contributed by atoms with Crippen LogP contribution in [0.3, 0.4) is 0 Å². The van der Waals surface area contributed by atoms with Gasteiger partial charge in [0.05, 0.1) is 10.5 Å². The van der Waals surface area contributed by atoms with Crippen LogP contribution >= 0.6 is 35.7 Å². The van der Waals surface area contributed by atoms with Crippen LogP contribution in [0.1, 0.15) is 34.6 Å². The maximum Gasteiger partial charge on any atom is 0.193 e. The van der Waals surface area contributed by atoms with Crippen LogP contribution in [0.15, 0.2) is 4.99 Å². The number of nitrogens with zero attached hydrogens (tertiary/aromatic N) is 2. The van der Waals surface area contributed by atoms with Crippen LogP contribution in [0.25, 0.3) is 0 Å². The molecule has 0 aromatic rings. The predicted octanol–water partition coefficient (Wildman–Crippen LogP) is 2.22. The number of sulfone groups is 1. The summed E-state index contributed by atoms with van der Waals surface area (Å²) >= 11 is 1.96. The van der Waals surface area contributed by atoms with Gasteiger partial charge in [-0.3, -0.25) is 4.99 Å². The van der Waals surface area contributed by atoms with Gasteiger partial charge in [-0.15, -0.1) is 24.0 Å². The van der Waals surface area contributed by atoms with Crippen LogP contribution < -0.4 is 5.32 Å². The van der Waals surface area contributed by atoms with Gasteiger partial charge < -0.3 is 10.2 Å². The lowest BCUT2D eigenvalue weighted by atomic mass is 10.2. The molecule has 0 spiro atoms. The minimum absolute atomic E-state index is 0. The highest BCUT2D eigenvalue weighted by Gasteiger charge is 2.30. The molecule has 0 aromatic carbocycles. The summed E-state index contributed by atoms with van der Waals surface area (Å²) in [7, 11) is -1.35. The van der Waals surface area contributed by atoms with Crippen molar-refractivity contribution >= 4 is 51.5 Å². The number of aliphatic imine (C=N–C) groups is 1. The van der Waals surface area contributed by atoms with Crippen molar-refractivity contribution in [2.45, 2.75) is 44.1 Å². The molecule has 0 aromatic heterocycles. The summed E-state index contributed by atoms with van der Waals surface area (Å²) in [5, 5.41) is 3.19. The molecule has 1 heterocycles. The fourth-order valence-electron chi connectivity index (χ4n) is 2.13. The summed E-state index contributed by atoms with van der Waals surface area (Å²) in [5.74, 6) is 1.99. The Balaban J connectivity index is 0.00000441. The molecule has 0 saturated carbocycles. The van der Waals surface area contributed by atoms with Gasteiger partial charge in [0.1, 0.15) is 0 Å². The minimum Gasteiger partial charge on any atom is -0.355 e. The van der Waals surface area contributed by atoms with E-state index in [-0.39, 0.29) is 34.5 Å². The van der Waals surface area contributed by atoms with E-state index in [1.54, 1.807) is 27.8 Å². The Bertz CT molecular complexity index is 485. The lowest BCUT2D eigenvalue weighted by Crippen LogP contribution is -2.51. The molecule has 1 fully saturated rings. The third-order valence-corrected chi connectivity index (χ3v) is 7.43. The van der Waals surface area contributed by atoms with Crippen molar-refractivity contribution in [2.24, 2.45) is 4.99 Å². The fraction of sp³-hybridized carbons (Fsp3) is 0.929. The monoisotopic (exact) mass is 463 g/mol. The first-order valence-electron chi connectivity index (χ1n) is 7.30. The summed E-state index contributed by atoms with van der Waals surface area (Å²) in [5.41, 5.74) is 0. The second kappa shape index (κ2) is 8.41. The molecule has 0 atom stereocenters. The highest BCUT2D eigenvalue weighted by atomic mass is 127. The Morgan fingerprint density at radius 2 is 1.95 bits per heavy atom. The Morgan fingerprint density at radius 3 is 2.41 bits per heavy atom. The summed E-state index contributed by atoms with van der Waals surface area (Å²) in [4.78, 5) is 6.49. The normalized spacial score (nSPS) is 19.5. The van der Waals surface area contributed by atoms with E-state index in [9.17, 15) is 8.42 Å². The molecule has 1 aliphatic rings. The van der Waals surface area contributed by atoms with Crippen LogP contribution in [0.4, 0.5) is 0 Å². The molecule has 1 aliphatic heterocycles. The molecular formula is C14H30IN3O2S2. The number of hydrogen-bond donors (Lipinski definition) is 1. The minimum atomic E-state index is -3.10. The smallest absolute Gasteiger partial charge is 0.193 e. The van der Waals surface area contributed by atoms with E-state index in [1.165, 1.54) is 0 Å². The highest BCUT2D eigenvalue weighted by molar-refractivity contribution is 14.0. The molecule has 1 rings (SSSR count). The number of guanidine groups is 1. The van der Waals surface area contributed by atoms with Crippen molar-refractivity contribution in [3.05, 3.63) is 0 Å². The van der Waals surface area contributed by atoms with Crippen molar-refractivity contribution in [3.8, 4) is 0 Å². The third-order valence-electron chi connectivity index (χ3n) is 3.52. The molecule has 1 saturated heterocycles. The summed E-state index contributed by atoms with van der Waals surface area (Å²) in [6.07, 6.45) is 0. The Hall–Kier alpha value is 0.300. The maximum atomic E-state index is 12.1. The summed E-state index contributed by atoms with van der Waals surface area (Å²) in [6, 6.07) is 0. The number of hydrogen-bond acceptors (Lipinski definition) is 4. The van der Waals surface area contributed by atoms with E-state index in [0.29, 0.717) is 6.54 Å². The van der Waals surface area contributed by atoms with Crippen LogP contribution in [-0.4, -0.2) is 67.0 Å².